The normalized spacial score (nSPS) is 19.1. The van der Waals surface area contributed by atoms with Crippen LogP contribution in [-0.2, 0) is 6.54 Å². The first-order valence-electron chi connectivity index (χ1n) is 7.91. The molecule has 21 heavy (non-hydrogen) atoms. The highest BCUT2D eigenvalue weighted by Crippen LogP contribution is 2.60. The molecule has 0 aromatic heterocycles. The minimum atomic E-state index is -0.0557. The highest BCUT2D eigenvalue weighted by atomic mass is 16.3. The number of amides is 2. The average molecular weight is 288 g/mol. The number of aliphatic hydroxyl groups is 1. The van der Waals surface area contributed by atoms with Gasteiger partial charge in [-0.15, -0.1) is 0 Å². The van der Waals surface area contributed by atoms with Crippen LogP contribution in [-0.4, -0.2) is 35.7 Å². The molecule has 2 N–H and O–H groups in total. The van der Waals surface area contributed by atoms with E-state index in [2.05, 4.69) is 5.32 Å². The van der Waals surface area contributed by atoms with Gasteiger partial charge in [-0.25, -0.2) is 4.79 Å². The highest BCUT2D eigenvalue weighted by Gasteiger charge is 2.53. The smallest absolute Gasteiger partial charge is 0.317 e. The van der Waals surface area contributed by atoms with Gasteiger partial charge in [0.1, 0.15) is 0 Å². The predicted octanol–water partition coefficient (Wildman–Crippen LogP) is 2.38. The summed E-state index contributed by atoms with van der Waals surface area (Å²) < 4.78 is 0. The molecule has 0 spiro atoms. The first-order valence-corrected chi connectivity index (χ1v) is 7.91. The Hall–Kier alpha value is -1.55. The summed E-state index contributed by atoms with van der Waals surface area (Å²) >= 11 is 0. The second kappa shape index (κ2) is 6.06. The van der Waals surface area contributed by atoms with Crippen molar-refractivity contribution in [1.29, 1.82) is 0 Å². The lowest BCUT2D eigenvalue weighted by Crippen LogP contribution is -2.43. The van der Waals surface area contributed by atoms with Gasteiger partial charge >= 0.3 is 6.03 Å². The number of benzene rings is 1. The SMILES string of the molecule is O=C(NCC1(C2CC2)CC1)N(CCO)Cc1ccccc1. The van der Waals surface area contributed by atoms with E-state index in [1.54, 1.807) is 4.90 Å². The third-order valence-corrected chi connectivity index (χ3v) is 4.80. The molecule has 4 nitrogen and oxygen atoms in total. The molecule has 0 radical (unpaired) electrons. The molecule has 3 rings (SSSR count). The molecule has 1 aromatic rings. The number of hydrogen-bond donors (Lipinski definition) is 2. The average Bonchev–Trinajstić information content (AvgIpc) is 3.38. The van der Waals surface area contributed by atoms with Gasteiger partial charge in [-0.1, -0.05) is 30.3 Å². The van der Waals surface area contributed by atoms with Crippen LogP contribution in [0.15, 0.2) is 30.3 Å². The Morgan fingerprint density at radius 3 is 2.57 bits per heavy atom. The van der Waals surface area contributed by atoms with Crippen LogP contribution >= 0.6 is 0 Å². The van der Waals surface area contributed by atoms with Crippen LogP contribution in [0.1, 0.15) is 31.2 Å². The van der Waals surface area contributed by atoms with E-state index in [4.69, 9.17) is 0 Å². The summed E-state index contributed by atoms with van der Waals surface area (Å²) in [5.41, 5.74) is 1.50. The molecule has 1 aromatic carbocycles. The Morgan fingerprint density at radius 2 is 2.00 bits per heavy atom. The number of urea groups is 1. The fourth-order valence-corrected chi connectivity index (χ4v) is 3.13. The third-order valence-electron chi connectivity index (χ3n) is 4.80. The van der Waals surface area contributed by atoms with Gasteiger partial charge in [0, 0.05) is 19.6 Å². The van der Waals surface area contributed by atoms with Crippen molar-refractivity contribution in [2.75, 3.05) is 19.7 Å². The molecule has 4 heteroatoms. The Labute approximate surface area is 126 Å². The number of nitrogens with one attached hydrogen (secondary N) is 1. The van der Waals surface area contributed by atoms with E-state index < -0.39 is 0 Å². The predicted molar refractivity (Wildman–Crippen MR) is 81.7 cm³/mol. The van der Waals surface area contributed by atoms with Crippen molar-refractivity contribution in [3.8, 4) is 0 Å². The van der Waals surface area contributed by atoms with Gasteiger partial charge in [-0.2, -0.15) is 0 Å². The molecule has 2 aliphatic rings. The zero-order valence-electron chi connectivity index (χ0n) is 12.4. The topological polar surface area (TPSA) is 52.6 Å². The molecule has 2 amide bonds. The van der Waals surface area contributed by atoms with Gasteiger partial charge in [0.05, 0.1) is 6.61 Å². The van der Waals surface area contributed by atoms with E-state index in [-0.39, 0.29) is 12.6 Å². The van der Waals surface area contributed by atoms with Crippen molar-refractivity contribution in [3.05, 3.63) is 35.9 Å². The Balaban J connectivity index is 1.54. The molecule has 2 saturated carbocycles. The van der Waals surface area contributed by atoms with Gasteiger partial charge in [-0.3, -0.25) is 0 Å². The molecule has 0 saturated heterocycles. The number of nitrogens with zero attached hydrogens (tertiary/aromatic N) is 1. The quantitative estimate of drug-likeness (QED) is 0.809. The maximum absolute atomic E-state index is 12.4. The molecular formula is C17H24N2O2. The van der Waals surface area contributed by atoms with Crippen LogP contribution in [0.25, 0.3) is 0 Å². The summed E-state index contributed by atoms with van der Waals surface area (Å²) in [6.45, 7) is 1.71. The van der Waals surface area contributed by atoms with Gasteiger partial charge < -0.3 is 15.3 Å². The summed E-state index contributed by atoms with van der Waals surface area (Å²) in [5.74, 6) is 0.846. The van der Waals surface area contributed by atoms with Crippen LogP contribution < -0.4 is 5.32 Å². The van der Waals surface area contributed by atoms with E-state index >= 15 is 0 Å². The molecule has 0 aliphatic heterocycles. The first kappa shape index (κ1) is 14.4. The standard InChI is InChI=1S/C17H24N2O2/c20-11-10-19(12-14-4-2-1-3-5-14)16(21)18-13-17(8-9-17)15-6-7-15/h1-5,15,20H,6-13H2,(H,18,21). The van der Waals surface area contributed by atoms with Crippen molar-refractivity contribution in [2.45, 2.75) is 32.2 Å². The Kier molecular flexibility index (Phi) is 4.15. The molecular weight excluding hydrogens is 264 g/mol. The highest BCUT2D eigenvalue weighted by molar-refractivity contribution is 5.74. The van der Waals surface area contributed by atoms with Crippen LogP contribution in [0.5, 0.6) is 0 Å². The van der Waals surface area contributed by atoms with E-state index in [0.29, 0.717) is 18.5 Å². The maximum atomic E-state index is 12.4. The number of carbonyl (C=O) groups excluding carboxylic acids is 1. The number of hydrogen-bond acceptors (Lipinski definition) is 2. The first-order chi connectivity index (χ1) is 10.2. The minimum Gasteiger partial charge on any atom is -0.395 e. The van der Waals surface area contributed by atoms with Crippen LogP contribution in [0.3, 0.4) is 0 Å². The lowest BCUT2D eigenvalue weighted by Gasteiger charge is -2.24. The zero-order chi connectivity index (χ0) is 14.7. The summed E-state index contributed by atoms with van der Waals surface area (Å²) in [5, 5.41) is 12.3. The van der Waals surface area contributed by atoms with Gasteiger partial charge in [0.2, 0.25) is 0 Å². The third kappa shape index (κ3) is 3.56. The number of carbonyl (C=O) groups is 1. The number of rotatable bonds is 7. The molecule has 114 valence electrons. The minimum absolute atomic E-state index is 0.00593. The monoisotopic (exact) mass is 288 g/mol. The van der Waals surface area contributed by atoms with Crippen molar-refractivity contribution in [2.24, 2.45) is 11.3 Å². The summed E-state index contributed by atoms with van der Waals surface area (Å²) in [7, 11) is 0. The van der Waals surface area contributed by atoms with Crippen molar-refractivity contribution >= 4 is 6.03 Å². The van der Waals surface area contributed by atoms with Crippen molar-refractivity contribution < 1.29 is 9.90 Å². The molecule has 0 atom stereocenters. The van der Waals surface area contributed by atoms with Crippen LogP contribution in [0.2, 0.25) is 0 Å². The fraction of sp³-hybridized carbons (Fsp3) is 0.588. The van der Waals surface area contributed by atoms with E-state index in [1.165, 1.54) is 25.7 Å². The van der Waals surface area contributed by atoms with E-state index in [9.17, 15) is 9.90 Å². The van der Waals surface area contributed by atoms with Crippen molar-refractivity contribution in [1.82, 2.24) is 10.2 Å². The van der Waals surface area contributed by atoms with E-state index in [1.807, 2.05) is 30.3 Å². The second-order valence-electron chi connectivity index (χ2n) is 6.43. The van der Waals surface area contributed by atoms with Crippen LogP contribution in [0.4, 0.5) is 4.79 Å². The molecule has 2 fully saturated rings. The fourth-order valence-electron chi connectivity index (χ4n) is 3.13. The van der Waals surface area contributed by atoms with Gasteiger partial charge in [0.25, 0.3) is 0 Å². The largest absolute Gasteiger partial charge is 0.395 e. The molecule has 2 aliphatic carbocycles. The van der Waals surface area contributed by atoms with Gasteiger partial charge in [0.15, 0.2) is 0 Å². The summed E-state index contributed by atoms with van der Waals surface area (Å²) in [6, 6.07) is 9.86. The Bertz CT molecular complexity index is 481. The maximum Gasteiger partial charge on any atom is 0.317 e. The Morgan fingerprint density at radius 1 is 1.29 bits per heavy atom. The van der Waals surface area contributed by atoms with Crippen LogP contribution in [0, 0.1) is 11.3 Å². The molecule has 0 heterocycles. The summed E-state index contributed by atoms with van der Waals surface area (Å²) in [6.07, 6.45) is 5.19. The molecule has 0 unspecified atom stereocenters. The zero-order valence-corrected chi connectivity index (χ0v) is 12.4. The van der Waals surface area contributed by atoms with Crippen molar-refractivity contribution in [3.63, 3.8) is 0 Å². The van der Waals surface area contributed by atoms with E-state index in [0.717, 1.165) is 18.0 Å². The lowest BCUT2D eigenvalue weighted by molar-refractivity contribution is 0.171. The number of aliphatic hydroxyl groups excluding tert-OH is 1. The lowest BCUT2D eigenvalue weighted by atomic mass is 10.0. The summed E-state index contributed by atoms with van der Waals surface area (Å²) in [4.78, 5) is 14.1. The van der Waals surface area contributed by atoms with Gasteiger partial charge in [-0.05, 0) is 42.6 Å². The molecule has 0 bridgehead atoms. The second-order valence-corrected chi connectivity index (χ2v) is 6.43.